The smallest absolute Gasteiger partial charge is 0.137 e. The molecule has 0 aliphatic heterocycles. The summed E-state index contributed by atoms with van der Waals surface area (Å²) in [5, 5.41) is 10.3. The zero-order valence-corrected chi connectivity index (χ0v) is 9.91. The molecule has 0 saturated heterocycles. The first-order valence-electron chi connectivity index (χ1n) is 6.50. The maximum absolute atomic E-state index is 4.11. The number of hydrogen-bond donors (Lipinski definition) is 2. The highest BCUT2D eigenvalue weighted by Crippen LogP contribution is 2.22. The molecule has 1 saturated carbocycles. The summed E-state index contributed by atoms with van der Waals surface area (Å²) in [6.45, 7) is 2.30. The van der Waals surface area contributed by atoms with E-state index in [0.717, 1.165) is 31.1 Å². The van der Waals surface area contributed by atoms with Gasteiger partial charge in [-0.25, -0.2) is 4.98 Å². The van der Waals surface area contributed by atoms with Crippen molar-refractivity contribution < 1.29 is 0 Å². The molecule has 1 aromatic heterocycles. The normalized spacial score (nSPS) is 17.8. The lowest BCUT2D eigenvalue weighted by atomic mass is 9.89. The van der Waals surface area contributed by atoms with Gasteiger partial charge in [-0.1, -0.05) is 19.3 Å². The molecule has 0 aromatic carbocycles. The minimum Gasteiger partial charge on any atom is -0.316 e. The Morgan fingerprint density at radius 3 is 2.94 bits per heavy atom. The van der Waals surface area contributed by atoms with E-state index < -0.39 is 0 Å². The van der Waals surface area contributed by atoms with Crippen LogP contribution in [0.15, 0.2) is 6.33 Å². The van der Waals surface area contributed by atoms with Gasteiger partial charge in [-0.3, -0.25) is 5.10 Å². The largest absolute Gasteiger partial charge is 0.316 e. The lowest BCUT2D eigenvalue weighted by molar-refractivity contribution is 0.342. The van der Waals surface area contributed by atoms with Crippen LogP contribution in [0.5, 0.6) is 0 Å². The van der Waals surface area contributed by atoms with Crippen LogP contribution in [0.25, 0.3) is 0 Å². The van der Waals surface area contributed by atoms with Crippen molar-refractivity contribution in [2.24, 2.45) is 5.92 Å². The Balaban J connectivity index is 1.48. The van der Waals surface area contributed by atoms with Gasteiger partial charge >= 0.3 is 0 Å². The van der Waals surface area contributed by atoms with Crippen LogP contribution in [0.1, 0.15) is 44.3 Å². The SMILES string of the molecule is c1n[nH]c(CCCNCC2CCCCC2)n1. The summed E-state index contributed by atoms with van der Waals surface area (Å²) < 4.78 is 0. The molecule has 0 radical (unpaired) electrons. The zero-order valence-electron chi connectivity index (χ0n) is 9.91. The molecule has 2 rings (SSSR count). The number of nitrogens with one attached hydrogen (secondary N) is 2. The van der Waals surface area contributed by atoms with Crippen molar-refractivity contribution in [1.29, 1.82) is 0 Å². The molecule has 0 unspecified atom stereocenters. The quantitative estimate of drug-likeness (QED) is 0.723. The van der Waals surface area contributed by atoms with Gasteiger partial charge in [-0.15, -0.1) is 0 Å². The molecule has 16 heavy (non-hydrogen) atoms. The topological polar surface area (TPSA) is 53.6 Å². The molecule has 0 spiro atoms. The molecule has 0 bridgehead atoms. The van der Waals surface area contributed by atoms with Crippen LogP contribution < -0.4 is 5.32 Å². The number of nitrogens with zero attached hydrogens (tertiary/aromatic N) is 2. The van der Waals surface area contributed by atoms with Gasteiger partial charge in [0.2, 0.25) is 0 Å². The monoisotopic (exact) mass is 222 g/mol. The van der Waals surface area contributed by atoms with E-state index in [1.807, 2.05) is 0 Å². The van der Waals surface area contributed by atoms with Gasteiger partial charge in [0, 0.05) is 6.42 Å². The van der Waals surface area contributed by atoms with Gasteiger partial charge < -0.3 is 5.32 Å². The molecular formula is C12H22N4. The molecule has 4 heteroatoms. The summed E-state index contributed by atoms with van der Waals surface area (Å²) in [6, 6.07) is 0. The fourth-order valence-corrected chi connectivity index (χ4v) is 2.43. The molecule has 1 aromatic rings. The second kappa shape index (κ2) is 6.63. The molecule has 1 fully saturated rings. The van der Waals surface area contributed by atoms with Crippen LogP contribution in [0.2, 0.25) is 0 Å². The van der Waals surface area contributed by atoms with Crippen LogP contribution >= 0.6 is 0 Å². The van der Waals surface area contributed by atoms with E-state index in [4.69, 9.17) is 0 Å². The fourth-order valence-electron chi connectivity index (χ4n) is 2.43. The third-order valence-corrected chi connectivity index (χ3v) is 3.39. The van der Waals surface area contributed by atoms with E-state index in [0.29, 0.717) is 0 Å². The molecule has 1 aliphatic carbocycles. The lowest BCUT2D eigenvalue weighted by Crippen LogP contribution is -2.25. The fraction of sp³-hybridized carbons (Fsp3) is 0.833. The first kappa shape index (κ1) is 11.6. The van der Waals surface area contributed by atoms with Gasteiger partial charge in [-0.05, 0) is 38.3 Å². The van der Waals surface area contributed by atoms with Crippen molar-refractivity contribution in [2.75, 3.05) is 13.1 Å². The summed E-state index contributed by atoms with van der Waals surface area (Å²) >= 11 is 0. The Hall–Kier alpha value is -0.900. The van der Waals surface area contributed by atoms with E-state index in [-0.39, 0.29) is 0 Å². The number of rotatable bonds is 6. The Labute approximate surface area is 97.2 Å². The summed E-state index contributed by atoms with van der Waals surface area (Å²) in [5.41, 5.74) is 0. The molecule has 0 atom stereocenters. The highest BCUT2D eigenvalue weighted by molar-refractivity contribution is 4.79. The van der Waals surface area contributed by atoms with Gasteiger partial charge in [0.05, 0.1) is 0 Å². The Kier molecular flexibility index (Phi) is 4.80. The Morgan fingerprint density at radius 2 is 2.19 bits per heavy atom. The van der Waals surface area contributed by atoms with Crippen molar-refractivity contribution in [3.8, 4) is 0 Å². The van der Waals surface area contributed by atoms with E-state index >= 15 is 0 Å². The van der Waals surface area contributed by atoms with Crippen molar-refractivity contribution in [2.45, 2.75) is 44.9 Å². The predicted molar refractivity (Wildman–Crippen MR) is 64.1 cm³/mol. The third kappa shape index (κ3) is 3.93. The van der Waals surface area contributed by atoms with Gasteiger partial charge in [-0.2, -0.15) is 5.10 Å². The minimum absolute atomic E-state index is 0.930. The number of aromatic amines is 1. The van der Waals surface area contributed by atoms with Crippen molar-refractivity contribution in [3.63, 3.8) is 0 Å². The zero-order chi connectivity index (χ0) is 11.1. The minimum atomic E-state index is 0.930. The van der Waals surface area contributed by atoms with Crippen LogP contribution in [-0.4, -0.2) is 28.3 Å². The summed E-state index contributed by atoms with van der Waals surface area (Å²) in [7, 11) is 0. The van der Waals surface area contributed by atoms with E-state index in [9.17, 15) is 0 Å². The van der Waals surface area contributed by atoms with E-state index in [1.54, 1.807) is 6.33 Å². The molecule has 1 heterocycles. The summed E-state index contributed by atoms with van der Waals surface area (Å²) in [4.78, 5) is 4.11. The second-order valence-electron chi connectivity index (χ2n) is 4.74. The van der Waals surface area contributed by atoms with Gasteiger partial charge in [0.15, 0.2) is 0 Å². The van der Waals surface area contributed by atoms with Crippen LogP contribution in [-0.2, 0) is 6.42 Å². The highest BCUT2D eigenvalue weighted by atomic mass is 15.2. The maximum atomic E-state index is 4.11. The van der Waals surface area contributed by atoms with Crippen molar-refractivity contribution in [3.05, 3.63) is 12.2 Å². The average Bonchev–Trinajstić information content (AvgIpc) is 2.83. The maximum Gasteiger partial charge on any atom is 0.137 e. The van der Waals surface area contributed by atoms with Crippen molar-refractivity contribution in [1.82, 2.24) is 20.5 Å². The highest BCUT2D eigenvalue weighted by Gasteiger charge is 2.12. The summed E-state index contributed by atoms with van der Waals surface area (Å²) in [6.07, 6.45) is 10.9. The average molecular weight is 222 g/mol. The second-order valence-corrected chi connectivity index (χ2v) is 4.74. The van der Waals surface area contributed by atoms with Crippen LogP contribution in [0, 0.1) is 5.92 Å². The number of hydrogen-bond acceptors (Lipinski definition) is 3. The molecular weight excluding hydrogens is 200 g/mol. The molecule has 1 aliphatic rings. The van der Waals surface area contributed by atoms with E-state index in [2.05, 4.69) is 20.5 Å². The molecule has 2 N–H and O–H groups in total. The number of aromatic nitrogens is 3. The summed E-state index contributed by atoms with van der Waals surface area (Å²) in [5.74, 6) is 1.93. The molecule has 0 amide bonds. The van der Waals surface area contributed by atoms with E-state index in [1.165, 1.54) is 38.6 Å². The van der Waals surface area contributed by atoms with Crippen LogP contribution in [0.4, 0.5) is 0 Å². The Bertz CT molecular complexity index is 265. The lowest BCUT2D eigenvalue weighted by Gasteiger charge is -2.21. The van der Waals surface area contributed by atoms with Crippen molar-refractivity contribution >= 4 is 0 Å². The van der Waals surface area contributed by atoms with Gasteiger partial charge in [0.25, 0.3) is 0 Å². The van der Waals surface area contributed by atoms with Gasteiger partial charge in [0.1, 0.15) is 12.2 Å². The first-order chi connectivity index (χ1) is 7.95. The molecule has 4 nitrogen and oxygen atoms in total. The third-order valence-electron chi connectivity index (χ3n) is 3.39. The molecule has 90 valence electrons. The first-order valence-corrected chi connectivity index (χ1v) is 6.50. The standard InChI is InChI=1S/C12H22N4/c1-2-5-11(6-3-1)9-13-8-4-7-12-14-10-15-16-12/h10-11,13H,1-9H2,(H,14,15,16). The number of H-pyrrole nitrogens is 1. The van der Waals surface area contributed by atoms with Crippen LogP contribution in [0.3, 0.4) is 0 Å². The Morgan fingerprint density at radius 1 is 1.31 bits per heavy atom. The number of aryl methyl sites for hydroxylation is 1. The predicted octanol–water partition coefficient (Wildman–Crippen LogP) is 1.91.